The minimum Gasteiger partial charge on any atom is -0.340 e. The van der Waals surface area contributed by atoms with Gasteiger partial charge in [-0.3, -0.25) is 19.7 Å². The molecule has 1 atom stereocenters. The summed E-state index contributed by atoms with van der Waals surface area (Å²) in [5, 5.41) is 12.3. The van der Waals surface area contributed by atoms with E-state index in [2.05, 4.69) is 25.8 Å². The van der Waals surface area contributed by atoms with Crippen LogP contribution < -0.4 is 10.6 Å². The van der Waals surface area contributed by atoms with Crippen LogP contribution in [-0.2, 0) is 11.2 Å². The number of H-pyrrole nitrogens is 1. The Labute approximate surface area is 186 Å². The van der Waals surface area contributed by atoms with E-state index in [4.69, 9.17) is 0 Å². The number of carbonyl (C=O) groups is 2. The molecule has 3 heterocycles. The number of aromatic nitrogens is 3. The molecule has 0 radical (unpaired) electrons. The normalized spacial score (nSPS) is 15.0. The van der Waals surface area contributed by atoms with E-state index in [0.717, 1.165) is 0 Å². The van der Waals surface area contributed by atoms with Gasteiger partial charge in [0.25, 0.3) is 5.91 Å². The lowest BCUT2D eigenvalue weighted by atomic mass is 10.00. The van der Waals surface area contributed by atoms with Gasteiger partial charge in [-0.25, -0.2) is 8.78 Å². The summed E-state index contributed by atoms with van der Waals surface area (Å²) >= 11 is 0. The van der Waals surface area contributed by atoms with E-state index in [1.807, 2.05) is 0 Å². The standard InChI is InChI=1S/C24H17F2N5O2/c25-14-8-6-13(7-9-14)18-11-20(31-30-18)22-15(3-1-4-16(22)26)23(32)29-21-12-19-17(28-24(21)33)5-2-10-27-19/h1-11,21H,12H2,(H,28,33)(H,29,32)(H,30,31)/t21-/m1/s1. The number of fused-ring (bicyclic) bond motifs is 1. The number of hydrogen-bond donors (Lipinski definition) is 3. The number of aromatic amines is 1. The third-order valence-corrected chi connectivity index (χ3v) is 5.41. The highest BCUT2D eigenvalue weighted by Gasteiger charge is 2.29. The van der Waals surface area contributed by atoms with Crippen molar-refractivity contribution in [1.29, 1.82) is 0 Å². The van der Waals surface area contributed by atoms with E-state index in [1.165, 1.54) is 30.3 Å². The maximum absolute atomic E-state index is 14.8. The van der Waals surface area contributed by atoms with Crippen molar-refractivity contribution in [3.8, 4) is 22.5 Å². The zero-order chi connectivity index (χ0) is 22.9. The number of halogens is 2. The molecular formula is C24H17F2N5O2. The monoisotopic (exact) mass is 445 g/mol. The molecule has 1 aliphatic heterocycles. The fourth-order valence-corrected chi connectivity index (χ4v) is 3.78. The van der Waals surface area contributed by atoms with Crippen LogP contribution in [0.4, 0.5) is 14.5 Å². The second kappa shape index (κ2) is 8.27. The van der Waals surface area contributed by atoms with Crippen LogP contribution in [0.5, 0.6) is 0 Å². The van der Waals surface area contributed by atoms with E-state index < -0.39 is 17.8 Å². The number of anilines is 1. The fourth-order valence-electron chi connectivity index (χ4n) is 3.78. The zero-order valence-corrected chi connectivity index (χ0v) is 17.1. The number of amides is 2. The van der Waals surface area contributed by atoms with E-state index in [0.29, 0.717) is 22.6 Å². The summed E-state index contributed by atoms with van der Waals surface area (Å²) in [6, 6.07) is 14.0. The Bertz CT molecular complexity index is 1370. The maximum Gasteiger partial charge on any atom is 0.252 e. The molecule has 33 heavy (non-hydrogen) atoms. The Morgan fingerprint density at radius 3 is 2.70 bits per heavy atom. The van der Waals surface area contributed by atoms with E-state index in [-0.39, 0.29) is 35.0 Å². The van der Waals surface area contributed by atoms with Gasteiger partial charge in [0.2, 0.25) is 5.91 Å². The predicted octanol–water partition coefficient (Wildman–Crippen LogP) is 3.71. The molecule has 0 fully saturated rings. The highest BCUT2D eigenvalue weighted by molar-refractivity contribution is 6.05. The number of hydrogen-bond acceptors (Lipinski definition) is 4. The molecule has 0 bridgehead atoms. The van der Waals surface area contributed by atoms with Gasteiger partial charge in [-0.05, 0) is 54.6 Å². The number of nitrogens with zero attached hydrogens (tertiary/aromatic N) is 2. The van der Waals surface area contributed by atoms with Crippen LogP contribution in [0.2, 0.25) is 0 Å². The largest absolute Gasteiger partial charge is 0.340 e. The highest BCUT2D eigenvalue weighted by atomic mass is 19.1. The van der Waals surface area contributed by atoms with E-state index in [9.17, 15) is 18.4 Å². The molecule has 2 aromatic heterocycles. The topological polar surface area (TPSA) is 99.8 Å². The summed E-state index contributed by atoms with van der Waals surface area (Å²) in [6.07, 6.45) is 1.83. The number of carbonyl (C=O) groups excluding carboxylic acids is 2. The molecular weight excluding hydrogens is 428 g/mol. The number of pyridine rings is 1. The van der Waals surface area contributed by atoms with Crippen molar-refractivity contribution in [2.75, 3.05) is 5.32 Å². The molecule has 3 N–H and O–H groups in total. The van der Waals surface area contributed by atoms with Crippen molar-refractivity contribution in [3.05, 3.63) is 89.8 Å². The van der Waals surface area contributed by atoms with Crippen LogP contribution >= 0.6 is 0 Å². The summed E-state index contributed by atoms with van der Waals surface area (Å²) in [5.74, 6) is -1.99. The molecule has 4 aromatic rings. The van der Waals surface area contributed by atoms with E-state index >= 15 is 0 Å². The quantitative estimate of drug-likeness (QED) is 0.446. The second-order valence-electron chi connectivity index (χ2n) is 7.55. The summed E-state index contributed by atoms with van der Waals surface area (Å²) in [7, 11) is 0. The van der Waals surface area contributed by atoms with Gasteiger partial charge in [0.15, 0.2) is 0 Å². The molecule has 0 spiro atoms. The third-order valence-electron chi connectivity index (χ3n) is 5.41. The van der Waals surface area contributed by atoms with Gasteiger partial charge in [-0.15, -0.1) is 0 Å². The first kappa shape index (κ1) is 20.5. The van der Waals surface area contributed by atoms with Crippen LogP contribution in [0, 0.1) is 11.6 Å². The maximum atomic E-state index is 14.8. The smallest absolute Gasteiger partial charge is 0.252 e. The lowest BCUT2D eigenvalue weighted by Crippen LogP contribution is -2.48. The second-order valence-corrected chi connectivity index (χ2v) is 7.55. The van der Waals surface area contributed by atoms with Gasteiger partial charge in [0, 0.05) is 23.7 Å². The van der Waals surface area contributed by atoms with Gasteiger partial charge in [0.1, 0.15) is 17.7 Å². The molecule has 0 unspecified atom stereocenters. The van der Waals surface area contributed by atoms with Gasteiger partial charge in [-0.1, -0.05) is 6.07 Å². The summed E-state index contributed by atoms with van der Waals surface area (Å²) in [5.41, 5.74) is 2.69. The first-order valence-electron chi connectivity index (χ1n) is 10.2. The number of rotatable bonds is 4. The Balaban J connectivity index is 1.44. The third kappa shape index (κ3) is 3.96. The number of nitrogens with one attached hydrogen (secondary N) is 3. The molecule has 1 aliphatic rings. The summed E-state index contributed by atoms with van der Waals surface area (Å²) in [6.45, 7) is 0. The highest BCUT2D eigenvalue weighted by Crippen LogP contribution is 2.29. The van der Waals surface area contributed by atoms with Crippen LogP contribution in [0.1, 0.15) is 16.1 Å². The SMILES string of the molecule is O=C(N[C@@H]1Cc2ncccc2NC1=O)c1cccc(F)c1-c1cc(-c2ccc(F)cc2)n[nH]1. The summed E-state index contributed by atoms with van der Waals surface area (Å²) in [4.78, 5) is 29.8. The molecule has 2 amide bonds. The average Bonchev–Trinajstić information content (AvgIpc) is 3.29. The van der Waals surface area contributed by atoms with Crippen LogP contribution in [-0.4, -0.2) is 33.0 Å². The number of benzene rings is 2. The molecule has 2 aromatic carbocycles. The molecule has 0 saturated heterocycles. The van der Waals surface area contributed by atoms with Crippen molar-refractivity contribution in [2.45, 2.75) is 12.5 Å². The van der Waals surface area contributed by atoms with E-state index in [1.54, 1.807) is 36.5 Å². The predicted molar refractivity (Wildman–Crippen MR) is 117 cm³/mol. The molecule has 164 valence electrons. The lowest BCUT2D eigenvalue weighted by Gasteiger charge is -2.24. The minimum absolute atomic E-state index is 0.0191. The summed E-state index contributed by atoms with van der Waals surface area (Å²) < 4.78 is 28.1. The Morgan fingerprint density at radius 2 is 1.88 bits per heavy atom. The minimum atomic E-state index is -0.854. The van der Waals surface area contributed by atoms with Gasteiger partial charge < -0.3 is 10.6 Å². The first-order valence-corrected chi connectivity index (χ1v) is 10.2. The van der Waals surface area contributed by atoms with Crippen molar-refractivity contribution in [2.24, 2.45) is 0 Å². The van der Waals surface area contributed by atoms with Crippen LogP contribution in [0.25, 0.3) is 22.5 Å². The van der Waals surface area contributed by atoms with Crippen molar-refractivity contribution < 1.29 is 18.4 Å². The van der Waals surface area contributed by atoms with Crippen LogP contribution in [0.3, 0.4) is 0 Å². The Kier molecular flexibility index (Phi) is 5.14. The Morgan fingerprint density at radius 1 is 1.06 bits per heavy atom. The molecule has 0 saturated carbocycles. The average molecular weight is 445 g/mol. The van der Waals surface area contributed by atoms with Gasteiger partial charge >= 0.3 is 0 Å². The van der Waals surface area contributed by atoms with Crippen molar-refractivity contribution in [1.82, 2.24) is 20.5 Å². The van der Waals surface area contributed by atoms with Crippen LogP contribution in [0.15, 0.2) is 66.9 Å². The molecule has 5 rings (SSSR count). The van der Waals surface area contributed by atoms with Crippen molar-refractivity contribution in [3.63, 3.8) is 0 Å². The first-order chi connectivity index (χ1) is 16.0. The fraction of sp³-hybridized carbons (Fsp3) is 0.0833. The lowest BCUT2D eigenvalue weighted by molar-refractivity contribution is -0.118. The van der Waals surface area contributed by atoms with Gasteiger partial charge in [-0.2, -0.15) is 5.10 Å². The molecule has 0 aliphatic carbocycles. The van der Waals surface area contributed by atoms with Gasteiger partial charge in [0.05, 0.1) is 28.3 Å². The van der Waals surface area contributed by atoms with Crippen molar-refractivity contribution >= 4 is 17.5 Å². The molecule has 7 nitrogen and oxygen atoms in total. The zero-order valence-electron chi connectivity index (χ0n) is 17.1. The Hall–Kier alpha value is -4.40. The molecule has 9 heteroatoms.